The van der Waals surface area contributed by atoms with Crippen molar-refractivity contribution >= 4 is 5.78 Å². The SMILES string of the molecule is CC(C)Cn1ncnc1CC(=O)C1(C)COCC1N. The number of hydrogen-bond donors (Lipinski definition) is 1. The predicted octanol–water partition coefficient (Wildman–Crippen LogP) is 0.410. The van der Waals surface area contributed by atoms with E-state index in [0.29, 0.717) is 25.0 Å². The molecule has 0 saturated carbocycles. The number of Topliss-reactive ketones (excluding diaryl/α,β-unsaturated/α-hetero) is 1. The molecule has 19 heavy (non-hydrogen) atoms. The summed E-state index contributed by atoms with van der Waals surface area (Å²) in [6.45, 7) is 7.69. The minimum atomic E-state index is -0.603. The monoisotopic (exact) mass is 266 g/mol. The minimum absolute atomic E-state index is 0.0792. The van der Waals surface area contributed by atoms with E-state index in [1.54, 1.807) is 4.68 Å². The maximum Gasteiger partial charge on any atom is 0.150 e. The maximum atomic E-state index is 12.4. The smallest absolute Gasteiger partial charge is 0.150 e. The van der Waals surface area contributed by atoms with Gasteiger partial charge in [-0.3, -0.25) is 4.79 Å². The highest BCUT2D eigenvalue weighted by molar-refractivity contribution is 5.87. The topological polar surface area (TPSA) is 83.0 Å². The van der Waals surface area contributed by atoms with E-state index in [-0.39, 0.29) is 18.2 Å². The van der Waals surface area contributed by atoms with Crippen LogP contribution in [0.1, 0.15) is 26.6 Å². The Balaban J connectivity index is 2.09. The van der Waals surface area contributed by atoms with E-state index >= 15 is 0 Å². The van der Waals surface area contributed by atoms with Gasteiger partial charge in [0.2, 0.25) is 0 Å². The summed E-state index contributed by atoms with van der Waals surface area (Å²) in [4.78, 5) is 16.6. The average Bonchev–Trinajstić information content (AvgIpc) is 2.88. The van der Waals surface area contributed by atoms with Crippen LogP contribution in [-0.4, -0.2) is 39.8 Å². The van der Waals surface area contributed by atoms with E-state index in [4.69, 9.17) is 10.5 Å². The molecule has 106 valence electrons. The molecule has 0 radical (unpaired) electrons. The van der Waals surface area contributed by atoms with E-state index in [2.05, 4.69) is 23.9 Å². The summed E-state index contributed by atoms with van der Waals surface area (Å²) in [6, 6.07) is -0.235. The Bertz CT molecular complexity index is 457. The van der Waals surface area contributed by atoms with Gasteiger partial charge in [-0.05, 0) is 12.8 Å². The Labute approximate surface area is 113 Å². The first-order valence-electron chi connectivity index (χ1n) is 6.67. The molecule has 0 spiro atoms. The summed E-state index contributed by atoms with van der Waals surface area (Å²) >= 11 is 0. The molecule has 1 aromatic rings. The molecular weight excluding hydrogens is 244 g/mol. The third-order valence-corrected chi connectivity index (χ3v) is 3.71. The van der Waals surface area contributed by atoms with Crippen LogP contribution in [-0.2, 0) is 22.5 Å². The summed E-state index contributed by atoms with van der Waals surface area (Å²) in [7, 11) is 0. The van der Waals surface area contributed by atoms with Crippen molar-refractivity contribution in [3.8, 4) is 0 Å². The van der Waals surface area contributed by atoms with Crippen molar-refractivity contribution in [2.45, 2.75) is 39.8 Å². The zero-order valence-electron chi connectivity index (χ0n) is 11.8. The Morgan fingerprint density at radius 2 is 2.42 bits per heavy atom. The van der Waals surface area contributed by atoms with Crippen LogP contribution >= 0.6 is 0 Å². The van der Waals surface area contributed by atoms with E-state index in [1.165, 1.54) is 6.33 Å². The van der Waals surface area contributed by atoms with Gasteiger partial charge in [0.1, 0.15) is 17.9 Å². The van der Waals surface area contributed by atoms with Crippen LogP contribution in [0.2, 0.25) is 0 Å². The lowest BCUT2D eigenvalue weighted by molar-refractivity contribution is -0.127. The third-order valence-electron chi connectivity index (χ3n) is 3.71. The van der Waals surface area contributed by atoms with Gasteiger partial charge in [0.25, 0.3) is 0 Å². The molecule has 1 saturated heterocycles. The molecule has 2 rings (SSSR count). The van der Waals surface area contributed by atoms with Gasteiger partial charge in [-0.1, -0.05) is 13.8 Å². The van der Waals surface area contributed by atoms with Crippen molar-refractivity contribution in [2.75, 3.05) is 13.2 Å². The highest BCUT2D eigenvalue weighted by Crippen LogP contribution is 2.29. The molecule has 1 aliphatic heterocycles. The van der Waals surface area contributed by atoms with Crippen molar-refractivity contribution in [1.29, 1.82) is 0 Å². The standard InChI is InChI=1S/C13H22N4O2/c1-9(2)5-17-12(15-8-16-17)4-11(18)13(3)7-19-6-10(13)14/h8-10H,4-7,14H2,1-3H3. The Kier molecular flexibility index (Phi) is 4.01. The molecule has 0 aromatic carbocycles. The fourth-order valence-corrected chi connectivity index (χ4v) is 2.25. The van der Waals surface area contributed by atoms with Crippen LogP contribution < -0.4 is 5.73 Å². The Morgan fingerprint density at radius 1 is 1.68 bits per heavy atom. The van der Waals surface area contributed by atoms with Crippen LogP contribution in [0.5, 0.6) is 0 Å². The van der Waals surface area contributed by atoms with Crippen LogP contribution in [0, 0.1) is 11.3 Å². The summed E-state index contributed by atoms with van der Waals surface area (Å²) in [5, 5.41) is 4.17. The lowest BCUT2D eigenvalue weighted by atomic mass is 9.80. The summed E-state index contributed by atoms with van der Waals surface area (Å²) in [6.07, 6.45) is 1.76. The number of aromatic nitrogens is 3. The molecule has 0 bridgehead atoms. The van der Waals surface area contributed by atoms with E-state index in [0.717, 1.165) is 6.54 Å². The van der Waals surface area contributed by atoms with Gasteiger partial charge >= 0.3 is 0 Å². The molecule has 1 aliphatic rings. The first-order chi connectivity index (χ1) is 8.93. The molecule has 6 heteroatoms. The number of ketones is 1. The lowest BCUT2D eigenvalue weighted by Gasteiger charge is -2.24. The number of ether oxygens (including phenoxy) is 1. The zero-order chi connectivity index (χ0) is 14.0. The molecule has 2 N–H and O–H groups in total. The molecule has 0 aliphatic carbocycles. The van der Waals surface area contributed by atoms with Crippen LogP contribution in [0.15, 0.2) is 6.33 Å². The van der Waals surface area contributed by atoms with Gasteiger partial charge < -0.3 is 10.5 Å². The van der Waals surface area contributed by atoms with Crippen molar-refractivity contribution < 1.29 is 9.53 Å². The van der Waals surface area contributed by atoms with Gasteiger partial charge in [-0.2, -0.15) is 5.10 Å². The van der Waals surface area contributed by atoms with Gasteiger partial charge in [0, 0.05) is 12.6 Å². The molecule has 0 amide bonds. The molecule has 1 aromatic heterocycles. The number of rotatable bonds is 5. The predicted molar refractivity (Wildman–Crippen MR) is 70.5 cm³/mol. The number of nitrogens with zero attached hydrogens (tertiary/aromatic N) is 3. The van der Waals surface area contributed by atoms with Crippen LogP contribution in [0.3, 0.4) is 0 Å². The first kappa shape index (κ1) is 14.1. The molecule has 6 nitrogen and oxygen atoms in total. The molecule has 2 unspecified atom stereocenters. The highest BCUT2D eigenvalue weighted by atomic mass is 16.5. The zero-order valence-corrected chi connectivity index (χ0v) is 11.8. The van der Waals surface area contributed by atoms with Crippen molar-refractivity contribution in [3.63, 3.8) is 0 Å². The summed E-state index contributed by atoms with van der Waals surface area (Å²) in [5.41, 5.74) is 5.37. The number of hydrogen-bond acceptors (Lipinski definition) is 5. The number of nitrogens with two attached hydrogens (primary N) is 1. The Hall–Kier alpha value is -1.27. The van der Waals surface area contributed by atoms with Crippen molar-refractivity contribution in [3.05, 3.63) is 12.2 Å². The quantitative estimate of drug-likeness (QED) is 0.834. The maximum absolute atomic E-state index is 12.4. The van der Waals surface area contributed by atoms with E-state index in [9.17, 15) is 4.79 Å². The highest BCUT2D eigenvalue weighted by Gasteiger charge is 2.44. The van der Waals surface area contributed by atoms with Gasteiger partial charge in [0.05, 0.1) is 25.0 Å². The van der Waals surface area contributed by atoms with Gasteiger partial charge in [-0.25, -0.2) is 9.67 Å². The van der Waals surface area contributed by atoms with Gasteiger partial charge in [0.15, 0.2) is 0 Å². The second-order valence-corrected chi connectivity index (χ2v) is 5.89. The minimum Gasteiger partial charge on any atom is -0.379 e. The third kappa shape index (κ3) is 2.84. The molecule has 2 atom stereocenters. The largest absolute Gasteiger partial charge is 0.379 e. The second kappa shape index (κ2) is 5.38. The fourth-order valence-electron chi connectivity index (χ4n) is 2.25. The summed E-state index contributed by atoms with van der Waals surface area (Å²) in [5.74, 6) is 1.25. The van der Waals surface area contributed by atoms with Crippen LogP contribution in [0.25, 0.3) is 0 Å². The number of carbonyl (C=O) groups excluding carboxylic acids is 1. The van der Waals surface area contributed by atoms with E-state index < -0.39 is 5.41 Å². The lowest BCUT2D eigenvalue weighted by Crippen LogP contribution is -2.45. The van der Waals surface area contributed by atoms with Gasteiger partial charge in [-0.15, -0.1) is 0 Å². The normalized spacial score (nSPS) is 27.1. The second-order valence-electron chi connectivity index (χ2n) is 5.89. The van der Waals surface area contributed by atoms with E-state index in [1.807, 2.05) is 6.92 Å². The fraction of sp³-hybridized carbons (Fsp3) is 0.769. The Morgan fingerprint density at radius 3 is 3.00 bits per heavy atom. The van der Waals surface area contributed by atoms with Crippen molar-refractivity contribution in [1.82, 2.24) is 14.8 Å². The number of carbonyl (C=O) groups is 1. The van der Waals surface area contributed by atoms with Crippen LogP contribution in [0.4, 0.5) is 0 Å². The first-order valence-corrected chi connectivity index (χ1v) is 6.67. The van der Waals surface area contributed by atoms with Crippen molar-refractivity contribution in [2.24, 2.45) is 17.1 Å². The molecular formula is C13H22N4O2. The summed E-state index contributed by atoms with van der Waals surface area (Å²) < 4.78 is 7.12. The molecule has 2 heterocycles. The average molecular weight is 266 g/mol. The molecule has 1 fully saturated rings.